The van der Waals surface area contributed by atoms with Crippen molar-refractivity contribution in [1.82, 2.24) is 0 Å². The van der Waals surface area contributed by atoms with Crippen molar-refractivity contribution in [2.75, 3.05) is 0 Å². The van der Waals surface area contributed by atoms with Gasteiger partial charge < -0.3 is 5.11 Å². The fourth-order valence-corrected chi connectivity index (χ4v) is 2.19. The van der Waals surface area contributed by atoms with Crippen LogP contribution in [0.15, 0.2) is 12.2 Å². The first-order valence-corrected chi connectivity index (χ1v) is 4.96. The summed E-state index contributed by atoms with van der Waals surface area (Å²) in [6.45, 7) is 5.89. The number of rotatable bonds is 3. The standard InChI is InChI=1S/C11H18O2/c1-8(2)6-9-4-3-5-10(7-9)11(12)13/h9-10H,1,3-7H2,2H3,(H,12,13). The first kappa shape index (κ1) is 10.3. The van der Waals surface area contributed by atoms with Gasteiger partial charge in [-0.1, -0.05) is 18.4 Å². The highest BCUT2D eigenvalue weighted by molar-refractivity contribution is 5.70. The van der Waals surface area contributed by atoms with Crippen LogP contribution >= 0.6 is 0 Å². The molecule has 1 N–H and O–H groups in total. The Labute approximate surface area is 79.6 Å². The summed E-state index contributed by atoms with van der Waals surface area (Å²) in [6, 6.07) is 0. The predicted molar refractivity (Wildman–Crippen MR) is 52.5 cm³/mol. The summed E-state index contributed by atoms with van der Waals surface area (Å²) in [5, 5.41) is 8.87. The van der Waals surface area contributed by atoms with Crippen LogP contribution in [0.4, 0.5) is 0 Å². The maximum atomic E-state index is 10.8. The average Bonchev–Trinajstić information content (AvgIpc) is 2.03. The Balaban J connectivity index is 2.41. The molecule has 0 aromatic carbocycles. The van der Waals surface area contributed by atoms with E-state index in [0.29, 0.717) is 5.92 Å². The maximum absolute atomic E-state index is 10.8. The number of carboxylic acids is 1. The molecule has 0 aromatic rings. The topological polar surface area (TPSA) is 37.3 Å². The molecule has 1 aliphatic carbocycles. The zero-order valence-electron chi connectivity index (χ0n) is 8.25. The van der Waals surface area contributed by atoms with Gasteiger partial charge >= 0.3 is 5.97 Å². The average molecular weight is 182 g/mol. The molecule has 1 aliphatic rings. The van der Waals surface area contributed by atoms with Crippen molar-refractivity contribution < 1.29 is 9.90 Å². The van der Waals surface area contributed by atoms with Crippen LogP contribution in [0.1, 0.15) is 39.0 Å². The summed E-state index contributed by atoms with van der Waals surface area (Å²) in [6.07, 6.45) is 4.96. The molecule has 0 amide bonds. The molecule has 1 rings (SSSR count). The van der Waals surface area contributed by atoms with Crippen LogP contribution in [0.2, 0.25) is 0 Å². The third-order valence-electron chi connectivity index (χ3n) is 2.77. The van der Waals surface area contributed by atoms with Crippen molar-refractivity contribution in [2.45, 2.75) is 39.0 Å². The number of hydrogen-bond donors (Lipinski definition) is 1. The molecule has 0 spiro atoms. The van der Waals surface area contributed by atoms with Gasteiger partial charge in [-0.05, 0) is 32.1 Å². The smallest absolute Gasteiger partial charge is 0.306 e. The van der Waals surface area contributed by atoms with Crippen molar-refractivity contribution in [3.05, 3.63) is 12.2 Å². The van der Waals surface area contributed by atoms with Crippen LogP contribution in [0, 0.1) is 11.8 Å². The molecule has 2 heteroatoms. The van der Waals surface area contributed by atoms with E-state index < -0.39 is 5.97 Å². The van der Waals surface area contributed by atoms with E-state index in [2.05, 4.69) is 6.58 Å². The summed E-state index contributed by atoms with van der Waals surface area (Å²) < 4.78 is 0. The minimum atomic E-state index is -0.619. The Morgan fingerprint density at radius 1 is 1.54 bits per heavy atom. The molecule has 0 aromatic heterocycles. The second kappa shape index (κ2) is 4.45. The Hall–Kier alpha value is -0.790. The van der Waals surface area contributed by atoms with E-state index >= 15 is 0 Å². The lowest BCUT2D eigenvalue weighted by atomic mass is 9.79. The number of carbonyl (C=O) groups is 1. The molecule has 0 saturated heterocycles. The van der Waals surface area contributed by atoms with Gasteiger partial charge in [-0.2, -0.15) is 0 Å². The van der Waals surface area contributed by atoms with E-state index in [-0.39, 0.29) is 5.92 Å². The lowest BCUT2D eigenvalue weighted by Gasteiger charge is -2.26. The molecule has 1 saturated carbocycles. The first-order valence-electron chi connectivity index (χ1n) is 4.96. The SMILES string of the molecule is C=C(C)CC1CCCC(C(=O)O)C1. The normalized spacial score (nSPS) is 28.4. The molecule has 0 bridgehead atoms. The molecule has 0 aliphatic heterocycles. The maximum Gasteiger partial charge on any atom is 0.306 e. The Bertz CT molecular complexity index is 208. The molecule has 74 valence electrons. The van der Waals surface area contributed by atoms with Gasteiger partial charge in [0.05, 0.1) is 5.92 Å². The van der Waals surface area contributed by atoms with Crippen LogP contribution < -0.4 is 0 Å². The van der Waals surface area contributed by atoms with E-state index in [1.54, 1.807) is 0 Å². The zero-order valence-corrected chi connectivity index (χ0v) is 8.25. The second-order valence-corrected chi connectivity index (χ2v) is 4.23. The molecule has 2 nitrogen and oxygen atoms in total. The summed E-state index contributed by atoms with van der Waals surface area (Å²) in [4.78, 5) is 10.8. The van der Waals surface area contributed by atoms with Crippen molar-refractivity contribution in [1.29, 1.82) is 0 Å². The van der Waals surface area contributed by atoms with Crippen LogP contribution in [0.25, 0.3) is 0 Å². The third kappa shape index (κ3) is 3.21. The van der Waals surface area contributed by atoms with Crippen LogP contribution in [0.3, 0.4) is 0 Å². The Kier molecular flexibility index (Phi) is 3.52. The second-order valence-electron chi connectivity index (χ2n) is 4.23. The molecular weight excluding hydrogens is 164 g/mol. The van der Waals surface area contributed by atoms with Crippen LogP contribution in [0.5, 0.6) is 0 Å². The van der Waals surface area contributed by atoms with Gasteiger partial charge in [0.1, 0.15) is 0 Å². The zero-order chi connectivity index (χ0) is 9.84. The van der Waals surface area contributed by atoms with Gasteiger partial charge in [-0.15, -0.1) is 6.58 Å². The highest BCUT2D eigenvalue weighted by atomic mass is 16.4. The Morgan fingerprint density at radius 2 is 2.23 bits per heavy atom. The van der Waals surface area contributed by atoms with Gasteiger partial charge in [0.2, 0.25) is 0 Å². The minimum Gasteiger partial charge on any atom is -0.481 e. The molecule has 2 unspecified atom stereocenters. The first-order chi connectivity index (χ1) is 6.09. The summed E-state index contributed by atoms with van der Waals surface area (Å²) in [7, 11) is 0. The summed E-state index contributed by atoms with van der Waals surface area (Å²) in [5.41, 5.74) is 1.18. The minimum absolute atomic E-state index is 0.0990. The van der Waals surface area contributed by atoms with Crippen LogP contribution in [-0.2, 0) is 4.79 Å². The summed E-state index contributed by atoms with van der Waals surface area (Å²) >= 11 is 0. The van der Waals surface area contributed by atoms with Crippen molar-refractivity contribution in [2.24, 2.45) is 11.8 Å². The lowest BCUT2D eigenvalue weighted by molar-refractivity contribution is -0.143. The van der Waals surface area contributed by atoms with E-state index in [4.69, 9.17) is 5.11 Å². The quantitative estimate of drug-likeness (QED) is 0.681. The fraction of sp³-hybridized carbons (Fsp3) is 0.727. The van der Waals surface area contributed by atoms with E-state index in [1.165, 1.54) is 12.0 Å². The predicted octanol–water partition coefficient (Wildman–Crippen LogP) is 2.84. The van der Waals surface area contributed by atoms with Crippen LogP contribution in [-0.4, -0.2) is 11.1 Å². The number of hydrogen-bond acceptors (Lipinski definition) is 1. The van der Waals surface area contributed by atoms with Gasteiger partial charge in [-0.25, -0.2) is 0 Å². The number of allylic oxidation sites excluding steroid dienone is 1. The monoisotopic (exact) mass is 182 g/mol. The highest BCUT2D eigenvalue weighted by Gasteiger charge is 2.26. The third-order valence-corrected chi connectivity index (χ3v) is 2.77. The molecule has 0 heterocycles. The van der Waals surface area contributed by atoms with Gasteiger partial charge in [-0.3, -0.25) is 4.79 Å². The molecule has 0 radical (unpaired) electrons. The van der Waals surface area contributed by atoms with Crippen molar-refractivity contribution >= 4 is 5.97 Å². The summed E-state index contributed by atoms with van der Waals surface area (Å²) in [5.74, 6) is -0.156. The van der Waals surface area contributed by atoms with E-state index in [0.717, 1.165) is 25.7 Å². The highest BCUT2D eigenvalue weighted by Crippen LogP contribution is 2.32. The Morgan fingerprint density at radius 3 is 2.77 bits per heavy atom. The van der Waals surface area contributed by atoms with E-state index in [1.807, 2.05) is 6.92 Å². The lowest BCUT2D eigenvalue weighted by Crippen LogP contribution is -2.22. The van der Waals surface area contributed by atoms with E-state index in [9.17, 15) is 4.79 Å². The van der Waals surface area contributed by atoms with Gasteiger partial charge in [0.25, 0.3) is 0 Å². The molecule has 2 atom stereocenters. The molecular formula is C11H18O2. The van der Waals surface area contributed by atoms with Gasteiger partial charge in [0.15, 0.2) is 0 Å². The molecule has 13 heavy (non-hydrogen) atoms. The fourth-order valence-electron chi connectivity index (χ4n) is 2.19. The number of aliphatic carboxylic acids is 1. The molecule has 1 fully saturated rings. The van der Waals surface area contributed by atoms with Gasteiger partial charge in [0, 0.05) is 0 Å². The largest absolute Gasteiger partial charge is 0.481 e. The van der Waals surface area contributed by atoms with Crippen molar-refractivity contribution in [3.63, 3.8) is 0 Å². The van der Waals surface area contributed by atoms with Crippen molar-refractivity contribution in [3.8, 4) is 0 Å². The number of carboxylic acid groups (broad SMARTS) is 1.